The normalized spacial score (nSPS) is 13.3. The molecule has 0 radical (unpaired) electrons. The standard InChI is InChI=1S/C3H6O5S2.Na.H/c1-2(3(4)5)9-10(6,7)8;;/h2H,1H3,(H,4,5)(H,6,7,8);;. The molecule has 1 unspecified atom stereocenters. The van der Waals surface area contributed by atoms with Crippen LogP contribution in [0.25, 0.3) is 0 Å². The quantitative estimate of drug-likeness (QED) is 0.365. The third kappa shape index (κ3) is 8.64. The van der Waals surface area contributed by atoms with Gasteiger partial charge in [0, 0.05) is 10.8 Å². The summed E-state index contributed by atoms with van der Waals surface area (Å²) >= 11 is 0. The molecule has 0 saturated heterocycles. The van der Waals surface area contributed by atoms with Crippen LogP contribution in [0, 0.1) is 0 Å². The van der Waals surface area contributed by atoms with Gasteiger partial charge in [-0.1, -0.05) is 0 Å². The predicted molar refractivity (Wildman–Crippen MR) is 43.4 cm³/mol. The third-order valence-corrected chi connectivity index (χ3v) is 2.94. The molecule has 2 N–H and O–H groups in total. The summed E-state index contributed by atoms with van der Waals surface area (Å²) in [4.78, 5) is 9.98. The molecule has 1 atom stereocenters. The van der Waals surface area contributed by atoms with E-state index in [0.717, 1.165) is 0 Å². The van der Waals surface area contributed by atoms with Gasteiger partial charge in [-0.15, -0.1) is 0 Å². The minimum atomic E-state index is -4.23. The number of hydrogen-bond acceptors (Lipinski definition) is 4. The summed E-state index contributed by atoms with van der Waals surface area (Å²) in [5.74, 6) is -1.28. The summed E-state index contributed by atoms with van der Waals surface area (Å²) in [6.07, 6.45) is 0. The van der Waals surface area contributed by atoms with E-state index in [2.05, 4.69) is 0 Å². The fraction of sp³-hybridized carbons (Fsp3) is 0.667. The third-order valence-electron chi connectivity index (χ3n) is 0.614. The number of rotatable bonds is 3. The van der Waals surface area contributed by atoms with E-state index < -0.39 is 20.4 Å². The Kier molecular flexibility index (Phi) is 6.99. The van der Waals surface area contributed by atoms with Crippen molar-refractivity contribution in [2.75, 3.05) is 0 Å². The van der Waals surface area contributed by atoms with Gasteiger partial charge in [-0.3, -0.25) is 9.35 Å². The molecule has 0 rings (SSSR count). The maximum absolute atomic E-state index is 10.0. The van der Waals surface area contributed by atoms with E-state index in [0.29, 0.717) is 0 Å². The molecular formula is C3H7NaO5S2. The Hall–Kier alpha value is 0.730. The first kappa shape index (κ1) is 14.3. The van der Waals surface area contributed by atoms with Crippen LogP contribution in [0.2, 0.25) is 0 Å². The second-order valence-corrected chi connectivity index (χ2v) is 5.10. The van der Waals surface area contributed by atoms with Crippen LogP contribution in [0.15, 0.2) is 0 Å². The number of aliphatic carboxylic acids is 1. The molecular weight excluding hydrogens is 203 g/mol. The monoisotopic (exact) mass is 210 g/mol. The Morgan fingerprint density at radius 2 is 1.91 bits per heavy atom. The second-order valence-electron chi connectivity index (χ2n) is 1.50. The Morgan fingerprint density at radius 3 is 2.00 bits per heavy atom. The summed E-state index contributed by atoms with van der Waals surface area (Å²) in [6.45, 7) is 1.17. The Bertz CT molecular complexity index is 222. The number of hydrogen-bond donors (Lipinski definition) is 2. The average molecular weight is 210 g/mol. The molecule has 0 heterocycles. The molecule has 0 spiro atoms. The van der Waals surface area contributed by atoms with Crippen LogP contribution < -0.4 is 0 Å². The van der Waals surface area contributed by atoms with Crippen molar-refractivity contribution in [3.8, 4) is 0 Å². The number of carbonyl (C=O) groups is 1. The molecule has 0 aliphatic carbocycles. The SMILES string of the molecule is CC(SS(=O)(=O)O)C(=O)O.[NaH]. The molecule has 0 aliphatic heterocycles. The van der Waals surface area contributed by atoms with Gasteiger partial charge in [-0.05, 0) is 6.92 Å². The van der Waals surface area contributed by atoms with Crippen molar-refractivity contribution in [2.24, 2.45) is 0 Å². The van der Waals surface area contributed by atoms with Crippen LogP contribution in [0.1, 0.15) is 6.92 Å². The van der Waals surface area contributed by atoms with Crippen LogP contribution in [0.3, 0.4) is 0 Å². The maximum atomic E-state index is 10.0. The van der Waals surface area contributed by atoms with Gasteiger partial charge < -0.3 is 5.11 Å². The molecule has 0 aromatic heterocycles. The second kappa shape index (κ2) is 5.39. The number of carboxylic acids is 1. The molecule has 0 saturated carbocycles. The summed E-state index contributed by atoms with van der Waals surface area (Å²) < 4.78 is 28.1. The van der Waals surface area contributed by atoms with Gasteiger partial charge in [0.05, 0.1) is 0 Å². The van der Waals surface area contributed by atoms with Crippen LogP contribution >= 0.6 is 10.8 Å². The van der Waals surface area contributed by atoms with Crippen molar-refractivity contribution >= 4 is 55.5 Å². The van der Waals surface area contributed by atoms with E-state index in [1.807, 2.05) is 0 Å². The van der Waals surface area contributed by atoms with Crippen LogP contribution in [-0.4, -0.2) is 58.9 Å². The minimum absolute atomic E-state index is 0. The molecule has 0 fully saturated rings. The predicted octanol–water partition coefficient (Wildman–Crippen LogP) is -0.653. The van der Waals surface area contributed by atoms with Crippen molar-refractivity contribution in [3.63, 3.8) is 0 Å². The molecule has 0 aromatic carbocycles. The fourth-order valence-electron chi connectivity index (χ4n) is 0.224. The topological polar surface area (TPSA) is 91.7 Å². The van der Waals surface area contributed by atoms with Crippen molar-refractivity contribution in [2.45, 2.75) is 12.2 Å². The van der Waals surface area contributed by atoms with E-state index in [1.54, 1.807) is 0 Å². The van der Waals surface area contributed by atoms with Crippen molar-refractivity contribution in [1.29, 1.82) is 0 Å². The zero-order valence-corrected chi connectivity index (χ0v) is 6.65. The summed E-state index contributed by atoms with van der Waals surface area (Å²) in [5.41, 5.74) is 0. The summed E-state index contributed by atoms with van der Waals surface area (Å²) in [5, 5.41) is 7.01. The van der Waals surface area contributed by atoms with E-state index in [4.69, 9.17) is 9.66 Å². The Morgan fingerprint density at radius 1 is 1.55 bits per heavy atom. The first-order valence-corrected chi connectivity index (χ1v) is 5.05. The van der Waals surface area contributed by atoms with Gasteiger partial charge in [0.15, 0.2) is 0 Å². The van der Waals surface area contributed by atoms with Crippen LogP contribution in [0.5, 0.6) is 0 Å². The van der Waals surface area contributed by atoms with Gasteiger partial charge in [0.25, 0.3) is 0 Å². The first-order valence-electron chi connectivity index (χ1n) is 2.21. The summed E-state index contributed by atoms with van der Waals surface area (Å²) in [7, 11) is -4.24. The van der Waals surface area contributed by atoms with Crippen LogP contribution in [0.4, 0.5) is 0 Å². The van der Waals surface area contributed by atoms with Crippen molar-refractivity contribution in [1.82, 2.24) is 0 Å². The Balaban J connectivity index is 0. The van der Waals surface area contributed by atoms with Gasteiger partial charge in [-0.25, -0.2) is 0 Å². The molecule has 11 heavy (non-hydrogen) atoms. The van der Waals surface area contributed by atoms with E-state index in [-0.39, 0.29) is 40.4 Å². The molecule has 0 aliphatic rings. The van der Waals surface area contributed by atoms with Crippen LogP contribution in [-0.2, 0) is 13.9 Å². The fourth-order valence-corrected chi connectivity index (χ4v) is 2.01. The average Bonchev–Trinajstić information content (AvgIpc) is 1.60. The van der Waals surface area contributed by atoms with Gasteiger partial charge >= 0.3 is 44.7 Å². The van der Waals surface area contributed by atoms with E-state index in [1.165, 1.54) is 6.92 Å². The zero-order chi connectivity index (χ0) is 8.36. The summed E-state index contributed by atoms with van der Waals surface area (Å²) in [6, 6.07) is 0. The molecule has 0 amide bonds. The molecule has 62 valence electrons. The molecule has 0 bridgehead atoms. The van der Waals surface area contributed by atoms with Gasteiger partial charge in [0.2, 0.25) is 0 Å². The van der Waals surface area contributed by atoms with Gasteiger partial charge in [-0.2, -0.15) is 8.42 Å². The number of carboxylic acid groups (broad SMARTS) is 1. The van der Waals surface area contributed by atoms with E-state index >= 15 is 0 Å². The van der Waals surface area contributed by atoms with Crippen molar-refractivity contribution < 1.29 is 22.9 Å². The van der Waals surface area contributed by atoms with Crippen molar-refractivity contribution in [3.05, 3.63) is 0 Å². The molecule has 0 aromatic rings. The zero-order valence-electron chi connectivity index (χ0n) is 5.01. The Labute approximate surface area is 90.0 Å². The molecule has 8 heteroatoms. The van der Waals surface area contributed by atoms with E-state index in [9.17, 15) is 13.2 Å². The first-order chi connectivity index (χ1) is 4.33. The van der Waals surface area contributed by atoms with Gasteiger partial charge in [0.1, 0.15) is 5.25 Å². The molecule has 5 nitrogen and oxygen atoms in total.